The molecule has 0 fully saturated rings. The smallest absolute Gasteiger partial charge is 0.255 e. The molecule has 0 bridgehead atoms. The highest BCUT2D eigenvalue weighted by atomic mass is 28.3. The minimum absolute atomic E-state index is 0.959. The number of benzene rings is 5. The van der Waals surface area contributed by atoms with Gasteiger partial charge in [-0.1, -0.05) is 96.3 Å². The van der Waals surface area contributed by atoms with E-state index in [0.717, 1.165) is 11.5 Å². The highest BCUT2D eigenvalue weighted by molar-refractivity contribution is 7.00. The predicted octanol–water partition coefficient (Wildman–Crippen LogP) is 7.53. The lowest BCUT2D eigenvalue weighted by Gasteiger charge is -2.24. The fourth-order valence-electron chi connectivity index (χ4n) is 6.57. The van der Waals surface area contributed by atoms with Gasteiger partial charge in [0.15, 0.2) is 11.0 Å². The molecular formula is C39H33N4Si+. The van der Waals surface area contributed by atoms with Crippen LogP contribution in [0.4, 0.5) is 0 Å². The van der Waals surface area contributed by atoms with E-state index in [4.69, 9.17) is 4.98 Å². The largest absolute Gasteiger partial charge is 0.294 e. The molecule has 0 aliphatic heterocycles. The number of nitrogens with zero attached hydrogens (tertiary/aromatic N) is 4. The normalized spacial score (nSPS) is 12.0. The van der Waals surface area contributed by atoms with Gasteiger partial charge in [0.25, 0.3) is 6.33 Å². The second-order valence-corrected chi connectivity index (χ2v) is 16.5. The summed E-state index contributed by atoms with van der Waals surface area (Å²) in [6, 6.07) is 48.3. The summed E-state index contributed by atoms with van der Waals surface area (Å²) in [5.41, 5.74) is 8.29. The van der Waals surface area contributed by atoms with Crippen molar-refractivity contribution in [2.24, 2.45) is 0 Å². The van der Waals surface area contributed by atoms with Crippen molar-refractivity contribution in [1.82, 2.24) is 14.1 Å². The Hall–Kier alpha value is -5.26. The fraction of sp³-hybridized carbons (Fsp3) is 0.0769. The molecule has 0 aliphatic rings. The van der Waals surface area contributed by atoms with Gasteiger partial charge in [-0.3, -0.25) is 4.57 Å². The van der Waals surface area contributed by atoms with E-state index in [1.165, 1.54) is 54.5 Å². The van der Waals surface area contributed by atoms with E-state index in [1.54, 1.807) is 0 Å². The van der Waals surface area contributed by atoms with Crippen molar-refractivity contribution in [2.45, 2.75) is 20.0 Å². The maximum Gasteiger partial charge on any atom is 0.255 e. The first-order chi connectivity index (χ1) is 21.5. The van der Waals surface area contributed by atoms with Crippen molar-refractivity contribution < 1.29 is 4.57 Å². The zero-order valence-corrected chi connectivity index (χ0v) is 26.1. The Kier molecular flexibility index (Phi) is 6.10. The Morgan fingerprint density at radius 2 is 1.34 bits per heavy atom. The lowest BCUT2D eigenvalue weighted by molar-refractivity contribution is -0.567. The van der Waals surface area contributed by atoms with Crippen LogP contribution in [0.3, 0.4) is 0 Å². The maximum atomic E-state index is 4.80. The van der Waals surface area contributed by atoms with E-state index in [2.05, 4.69) is 174 Å². The molecule has 3 aromatic heterocycles. The number of hydrogen-bond donors (Lipinski definition) is 0. The second-order valence-electron chi connectivity index (χ2n) is 12.1. The van der Waals surface area contributed by atoms with E-state index in [9.17, 15) is 0 Å². The van der Waals surface area contributed by atoms with Crippen LogP contribution in [0.15, 0.2) is 146 Å². The molecule has 0 spiro atoms. The number of aryl methyl sites for hydroxylation is 1. The first-order valence-electron chi connectivity index (χ1n) is 15.1. The highest BCUT2D eigenvalue weighted by Gasteiger charge is 2.29. The van der Waals surface area contributed by atoms with Crippen LogP contribution in [0.5, 0.6) is 0 Å². The molecule has 0 N–H and O–H groups in total. The van der Waals surface area contributed by atoms with Crippen LogP contribution in [-0.2, 0) is 0 Å². The number of para-hydroxylation sites is 4. The van der Waals surface area contributed by atoms with Gasteiger partial charge in [0.2, 0.25) is 0 Å². The number of imidazole rings is 1. The van der Waals surface area contributed by atoms with Gasteiger partial charge in [-0.25, -0.2) is 4.98 Å². The summed E-state index contributed by atoms with van der Waals surface area (Å²) in [7, 11) is -2.10. The summed E-state index contributed by atoms with van der Waals surface area (Å²) < 4.78 is 6.92. The molecule has 0 saturated carbocycles. The molecule has 0 saturated heterocycles. The summed E-state index contributed by atoms with van der Waals surface area (Å²) in [6.07, 6.45) is 4.12. The third-order valence-electron chi connectivity index (χ3n) is 9.04. The maximum absolute atomic E-state index is 4.80. The van der Waals surface area contributed by atoms with Crippen molar-refractivity contribution in [3.05, 3.63) is 152 Å². The summed E-state index contributed by atoms with van der Waals surface area (Å²) in [6.45, 7) is 7.05. The van der Waals surface area contributed by atoms with Crippen LogP contribution >= 0.6 is 0 Å². The molecule has 8 aromatic rings. The summed E-state index contributed by atoms with van der Waals surface area (Å²) in [4.78, 5) is 4.80. The highest BCUT2D eigenvalue weighted by Crippen LogP contribution is 2.31. The van der Waals surface area contributed by atoms with Gasteiger partial charge in [0.05, 0.1) is 11.0 Å². The lowest BCUT2D eigenvalue weighted by Crippen LogP contribution is -2.52. The number of rotatable bonds is 5. The SMILES string of the molecule is Cc1ccnc(-n2c3ccccc3c3ccc([Si](C)(C)c4cccc(-n5c[n+](-c6ccccc6)c6ccccc65)c4)cc32)c1. The third-order valence-corrected chi connectivity index (χ3v) is 12.5. The summed E-state index contributed by atoms with van der Waals surface area (Å²) in [5.74, 6) is 0.959. The van der Waals surface area contributed by atoms with Gasteiger partial charge >= 0.3 is 0 Å². The van der Waals surface area contributed by atoms with Gasteiger partial charge in [-0.15, -0.1) is 0 Å². The molecule has 4 nitrogen and oxygen atoms in total. The first kappa shape index (κ1) is 26.4. The Morgan fingerprint density at radius 1 is 0.614 bits per heavy atom. The van der Waals surface area contributed by atoms with Crippen LogP contribution in [0.1, 0.15) is 5.56 Å². The molecule has 44 heavy (non-hydrogen) atoms. The Balaban J connectivity index is 1.27. The number of hydrogen-bond acceptors (Lipinski definition) is 1. The van der Waals surface area contributed by atoms with Crippen LogP contribution in [0, 0.1) is 6.92 Å². The molecule has 0 aliphatic carbocycles. The standard InChI is InChI=1S/C39H33N4Si/c1-28-22-23-40-39(24-28)43-35-17-8-7-16-33(35)34-21-20-32(26-38(34)43)44(2,3)31-15-11-14-30(25-31)42-27-41(29-12-5-4-6-13-29)36-18-9-10-19-37(36)42/h4-27H,1-3H3/q+1. The van der Waals surface area contributed by atoms with Gasteiger partial charge in [0, 0.05) is 17.0 Å². The molecule has 0 radical (unpaired) electrons. The lowest BCUT2D eigenvalue weighted by atomic mass is 10.1. The zero-order chi connectivity index (χ0) is 29.8. The summed E-state index contributed by atoms with van der Waals surface area (Å²) in [5, 5.41) is 5.31. The van der Waals surface area contributed by atoms with Crippen molar-refractivity contribution in [3.63, 3.8) is 0 Å². The van der Waals surface area contributed by atoms with Crippen LogP contribution in [0.2, 0.25) is 13.1 Å². The fourth-order valence-corrected chi connectivity index (χ4v) is 8.92. The molecule has 212 valence electrons. The second kappa shape index (κ2) is 10.2. The van der Waals surface area contributed by atoms with Crippen molar-refractivity contribution in [2.75, 3.05) is 0 Å². The van der Waals surface area contributed by atoms with E-state index >= 15 is 0 Å². The van der Waals surface area contributed by atoms with E-state index in [-0.39, 0.29) is 0 Å². The minimum Gasteiger partial charge on any atom is -0.294 e. The predicted molar refractivity (Wildman–Crippen MR) is 185 cm³/mol. The number of aromatic nitrogens is 4. The topological polar surface area (TPSA) is 26.6 Å². The molecule has 0 amide bonds. The van der Waals surface area contributed by atoms with E-state index in [0.29, 0.717) is 0 Å². The molecule has 8 rings (SSSR count). The zero-order valence-electron chi connectivity index (χ0n) is 25.1. The average molecular weight is 586 g/mol. The number of pyridine rings is 1. The Labute approximate surface area is 258 Å². The van der Waals surface area contributed by atoms with E-state index < -0.39 is 8.07 Å². The average Bonchev–Trinajstić information content (AvgIpc) is 3.61. The van der Waals surface area contributed by atoms with Gasteiger partial charge in [0.1, 0.15) is 25.3 Å². The summed E-state index contributed by atoms with van der Waals surface area (Å²) >= 11 is 0. The monoisotopic (exact) mass is 585 g/mol. The minimum atomic E-state index is -2.10. The molecule has 5 aromatic carbocycles. The van der Waals surface area contributed by atoms with Crippen molar-refractivity contribution >= 4 is 51.3 Å². The number of fused-ring (bicyclic) bond motifs is 4. The van der Waals surface area contributed by atoms with Gasteiger partial charge < -0.3 is 0 Å². The Bertz CT molecular complexity index is 2330. The molecular weight excluding hydrogens is 553 g/mol. The molecule has 5 heteroatoms. The van der Waals surface area contributed by atoms with Gasteiger partial charge in [-0.05, 0) is 73.2 Å². The third kappa shape index (κ3) is 4.20. The van der Waals surface area contributed by atoms with E-state index in [1.807, 2.05) is 6.20 Å². The molecule has 0 atom stereocenters. The Morgan fingerprint density at radius 3 is 2.18 bits per heavy atom. The van der Waals surface area contributed by atoms with Crippen LogP contribution in [-0.4, -0.2) is 22.2 Å². The van der Waals surface area contributed by atoms with Crippen LogP contribution in [0.25, 0.3) is 50.0 Å². The molecule has 0 unspecified atom stereocenters. The van der Waals surface area contributed by atoms with Gasteiger partial charge in [-0.2, -0.15) is 9.13 Å². The van der Waals surface area contributed by atoms with Crippen molar-refractivity contribution in [3.8, 4) is 17.2 Å². The molecule has 3 heterocycles. The first-order valence-corrected chi connectivity index (χ1v) is 18.1. The van der Waals surface area contributed by atoms with Crippen LogP contribution < -0.4 is 14.9 Å². The van der Waals surface area contributed by atoms with Crippen molar-refractivity contribution in [1.29, 1.82) is 0 Å². The quantitative estimate of drug-likeness (QED) is 0.152.